The lowest BCUT2D eigenvalue weighted by Crippen LogP contribution is -2.00. The molecule has 0 saturated heterocycles. The lowest BCUT2D eigenvalue weighted by atomic mass is 10.6. The Bertz CT molecular complexity index is 350. The minimum Gasteiger partial charge on any atom is -0.382 e. The summed E-state index contributed by atoms with van der Waals surface area (Å²) in [4.78, 5) is 11.6. The van der Waals surface area contributed by atoms with Crippen molar-refractivity contribution in [2.75, 3.05) is 5.73 Å². The fourth-order valence-electron chi connectivity index (χ4n) is 0.776. The van der Waals surface area contributed by atoms with Crippen LogP contribution in [0.3, 0.4) is 0 Å². The van der Waals surface area contributed by atoms with Crippen molar-refractivity contribution in [3.63, 3.8) is 0 Å². The van der Waals surface area contributed by atoms with Gasteiger partial charge in [-0.3, -0.25) is 0 Å². The Morgan fingerprint density at radius 1 is 1.25 bits per heavy atom. The van der Waals surface area contributed by atoms with Gasteiger partial charge in [-0.05, 0) is 0 Å². The Morgan fingerprint density at radius 3 is 2.75 bits per heavy atom. The zero-order chi connectivity index (χ0) is 8.39. The van der Waals surface area contributed by atoms with Crippen LogP contribution in [0, 0.1) is 0 Å². The predicted molar refractivity (Wildman–Crippen MR) is 41.4 cm³/mol. The molecule has 0 unspecified atom stereocenters. The molecule has 0 aliphatic carbocycles. The average molecular weight is 162 g/mol. The van der Waals surface area contributed by atoms with Gasteiger partial charge in [-0.25, -0.2) is 19.6 Å². The van der Waals surface area contributed by atoms with Gasteiger partial charge in [-0.1, -0.05) is 0 Å². The summed E-state index contributed by atoms with van der Waals surface area (Å²) in [6, 6.07) is 0. The van der Waals surface area contributed by atoms with E-state index in [0.29, 0.717) is 11.6 Å². The number of aromatic nitrogens is 5. The quantitative estimate of drug-likeness (QED) is 0.619. The molecule has 2 aromatic heterocycles. The normalized spacial score (nSPS) is 10.0. The third kappa shape index (κ3) is 1.09. The molecule has 0 atom stereocenters. The van der Waals surface area contributed by atoms with Crippen molar-refractivity contribution in [2.24, 2.45) is 0 Å². The second-order valence-electron chi connectivity index (χ2n) is 2.14. The molecule has 0 spiro atoms. The summed E-state index contributed by atoms with van der Waals surface area (Å²) in [6.07, 6.45) is 5.97. The van der Waals surface area contributed by atoms with E-state index in [4.69, 9.17) is 5.73 Å². The van der Waals surface area contributed by atoms with Crippen molar-refractivity contribution in [3.8, 4) is 5.82 Å². The van der Waals surface area contributed by atoms with Crippen LogP contribution in [0.2, 0.25) is 0 Å². The molecule has 60 valence electrons. The Balaban J connectivity index is 2.43. The van der Waals surface area contributed by atoms with Crippen molar-refractivity contribution in [1.29, 1.82) is 0 Å². The van der Waals surface area contributed by atoms with Gasteiger partial charge in [0.1, 0.15) is 18.5 Å². The van der Waals surface area contributed by atoms with Gasteiger partial charge in [0.2, 0.25) is 0 Å². The predicted octanol–water partition coefficient (Wildman–Crippen LogP) is -0.360. The fraction of sp³-hybridized carbons (Fsp3) is 0. The fourth-order valence-corrected chi connectivity index (χ4v) is 0.776. The molecule has 0 saturated carbocycles. The van der Waals surface area contributed by atoms with Crippen molar-refractivity contribution in [3.05, 3.63) is 25.0 Å². The average Bonchev–Trinajstić information content (AvgIpc) is 2.58. The van der Waals surface area contributed by atoms with E-state index < -0.39 is 0 Å². The number of anilines is 1. The number of nitrogens with zero attached hydrogens (tertiary/aromatic N) is 5. The molecule has 6 heteroatoms. The van der Waals surface area contributed by atoms with E-state index in [2.05, 4.69) is 20.1 Å². The standard InChI is InChI=1S/C6H6N6/c7-5-1-10-6(2-9-5)12-4-8-3-11-12/h1-4H,(H2,7,9). The van der Waals surface area contributed by atoms with Crippen LogP contribution >= 0.6 is 0 Å². The largest absolute Gasteiger partial charge is 0.382 e. The van der Waals surface area contributed by atoms with Crippen LogP contribution in [0.15, 0.2) is 25.0 Å². The summed E-state index contributed by atoms with van der Waals surface area (Å²) in [6.45, 7) is 0. The molecule has 0 amide bonds. The third-order valence-corrected chi connectivity index (χ3v) is 1.31. The van der Waals surface area contributed by atoms with Crippen LogP contribution in [-0.2, 0) is 0 Å². The Labute approximate surface area is 68.1 Å². The van der Waals surface area contributed by atoms with Gasteiger partial charge >= 0.3 is 0 Å². The minimum absolute atomic E-state index is 0.388. The van der Waals surface area contributed by atoms with Gasteiger partial charge < -0.3 is 5.73 Å². The van der Waals surface area contributed by atoms with Crippen LogP contribution in [0.25, 0.3) is 5.82 Å². The number of rotatable bonds is 1. The highest BCUT2D eigenvalue weighted by Crippen LogP contribution is 1.99. The minimum atomic E-state index is 0.388. The van der Waals surface area contributed by atoms with E-state index in [0.717, 1.165) is 0 Å². The lowest BCUT2D eigenvalue weighted by molar-refractivity contribution is 0.837. The molecule has 0 aliphatic rings. The van der Waals surface area contributed by atoms with Crippen molar-refractivity contribution >= 4 is 5.82 Å². The first-order valence-electron chi connectivity index (χ1n) is 3.29. The van der Waals surface area contributed by atoms with E-state index in [9.17, 15) is 0 Å². The molecular weight excluding hydrogens is 156 g/mol. The molecule has 2 heterocycles. The Hall–Kier alpha value is -1.98. The molecule has 0 bridgehead atoms. The molecule has 12 heavy (non-hydrogen) atoms. The molecule has 0 aromatic carbocycles. The molecule has 2 aromatic rings. The molecule has 0 fully saturated rings. The third-order valence-electron chi connectivity index (χ3n) is 1.31. The van der Waals surface area contributed by atoms with Crippen molar-refractivity contribution < 1.29 is 0 Å². The number of hydrogen-bond acceptors (Lipinski definition) is 5. The van der Waals surface area contributed by atoms with Gasteiger partial charge in [0.15, 0.2) is 5.82 Å². The van der Waals surface area contributed by atoms with Crippen LogP contribution in [0.4, 0.5) is 5.82 Å². The summed E-state index contributed by atoms with van der Waals surface area (Å²) in [5, 5.41) is 3.88. The zero-order valence-electron chi connectivity index (χ0n) is 6.12. The van der Waals surface area contributed by atoms with Gasteiger partial charge in [-0.2, -0.15) is 5.10 Å². The van der Waals surface area contributed by atoms with Gasteiger partial charge in [-0.15, -0.1) is 0 Å². The van der Waals surface area contributed by atoms with Crippen LogP contribution in [0.5, 0.6) is 0 Å². The first-order chi connectivity index (χ1) is 5.86. The van der Waals surface area contributed by atoms with E-state index in [-0.39, 0.29) is 0 Å². The molecule has 0 radical (unpaired) electrons. The van der Waals surface area contributed by atoms with E-state index in [1.54, 1.807) is 6.33 Å². The summed E-state index contributed by atoms with van der Waals surface area (Å²) in [7, 11) is 0. The molecule has 0 aliphatic heterocycles. The Morgan fingerprint density at radius 2 is 2.17 bits per heavy atom. The van der Waals surface area contributed by atoms with E-state index >= 15 is 0 Å². The van der Waals surface area contributed by atoms with E-state index in [1.807, 2.05) is 0 Å². The summed E-state index contributed by atoms with van der Waals surface area (Å²) in [5.74, 6) is 0.987. The molecule has 2 N–H and O–H groups in total. The topological polar surface area (TPSA) is 82.5 Å². The van der Waals surface area contributed by atoms with Gasteiger partial charge in [0.25, 0.3) is 0 Å². The maximum absolute atomic E-state index is 5.36. The number of nitrogens with two attached hydrogens (primary N) is 1. The zero-order valence-corrected chi connectivity index (χ0v) is 6.12. The summed E-state index contributed by atoms with van der Waals surface area (Å²) < 4.78 is 1.51. The SMILES string of the molecule is Nc1cnc(-n2cncn2)cn1. The summed E-state index contributed by atoms with van der Waals surface area (Å²) >= 11 is 0. The summed E-state index contributed by atoms with van der Waals surface area (Å²) in [5.41, 5.74) is 5.36. The lowest BCUT2D eigenvalue weighted by Gasteiger charge is -1.96. The van der Waals surface area contributed by atoms with Crippen LogP contribution in [0.1, 0.15) is 0 Å². The smallest absolute Gasteiger partial charge is 0.173 e. The van der Waals surface area contributed by atoms with Crippen molar-refractivity contribution in [2.45, 2.75) is 0 Å². The highest BCUT2D eigenvalue weighted by atomic mass is 15.3. The second-order valence-corrected chi connectivity index (χ2v) is 2.14. The molecule has 6 nitrogen and oxygen atoms in total. The number of nitrogen functional groups attached to an aromatic ring is 1. The maximum Gasteiger partial charge on any atom is 0.173 e. The first kappa shape index (κ1) is 6.71. The molecular formula is C6H6N6. The second kappa shape index (κ2) is 2.57. The highest BCUT2D eigenvalue weighted by molar-refractivity contribution is 5.27. The Kier molecular flexibility index (Phi) is 1.44. The highest BCUT2D eigenvalue weighted by Gasteiger charge is 1.96. The van der Waals surface area contributed by atoms with Crippen LogP contribution < -0.4 is 5.73 Å². The van der Waals surface area contributed by atoms with Crippen molar-refractivity contribution in [1.82, 2.24) is 24.7 Å². The maximum atomic E-state index is 5.36. The van der Waals surface area contributed by atoms with E-state index in [1.165, 1.54) is 23.4 Å². The van der Waals surface area contributed by atoms with Crippen LogP contribution in [-0.4, -0.2) is 24.7 Å². The van der Waals surface area contributed by atoms with Gasteiger partial charge in [0.05, 0.1) is 12.4 Å². The first-order valence-corrected chi connectivity index (χ1v) is 3.29. The number of hydrogen-bond donors (Lipinski definition) is 1. The monoisotopic (exact) mass is 162 g/mol. The van der Waals surface area contributed by atoms with Gasteiger partial charge in [0, 0.05) is 0 Å². The molecule has 2 rings (SSSR count).